The van der Waals surface area contributed by atoms with Crippen LogP contribution in [-0.2, 0) is 16.6 Å². The summed E-state index contributed by atoms with van der Waals surface area (Å²) in [4.78, 5) is 0.118. The number of halogens is 3. The van der Waals surface area contributed by atoms with E-state index >= 15 is 0 Å². The zero-order chi connectivity index (χ0) is 16.2. The highest BCUT2D eigenvalue weighted by Gasteiger charge is 2.30. The summed E-state index contributed by atoms with van der Waals surface area (Å²) in [5.74, 6) is -0.359. The Labute approximate surface area is 125 Å². The van der Waals surface area contributed by atoms with E-state index in [9.17, 15) is 21.6 Å². The zero-order valence-electron chi connectivity index (χ0n) is 11.2. The zero-order valence-corrected chi connectivity index (χ0v) is 12.0. The Morgan fingerprint density at radius 2 is 1.55 bits per heavy atom. The standard InChI is InChI=1S/C14H12F3NO3S/c15-14(16,17)21-12-8-6-11(7-9-12)10-18-22(19,20)13-4-2-1-3-5-13/h1-9,18H,10H2. The Balaban J connectivity index is 2.00. The van der Waals surface area contributed by atoms with Gasteiger partial charge in [0, 0.05) is 6.54 Å². The van der Waals surface area contributed by atoms with Gasteiger partial charge in [-0.3, -0.25) is 0 Å². The van der Waals surface area contributed by atoms with Gasteiger partial charge in [0.15, 0.2) is 0 Å². The minimum atomic E-state index is -4.75. The average molecular weight is 331 g/mol. The normalized spacial score (nSPS) is 12.1. The van der Waals surface area contributed by atoms with Crippen LogP contribution in [0.15, 0.2) is 59.5 Å². The fraction of sp³-hybridized carbons (Fsp3) is 0.143. The van der Waals surface area contributed by atoms with Crippen LogP contribution in [0.3, 0.4) is 0 Å². The lowest BCUT2D eigenvalue weighted by molar-refractivity contribution is -0.274. The second kappa shape index (κ2) is 6.37. The summed E-state index contributed by atoms with van der Waals surface area (Å²) >= 11 is 0. The lowest BCUT2D eigenvalue weighted by Crippen LogP contribution is -2.23. The molecule has 2 aromatic rings. The highest BCUT2D eigenvalue weighted by atomic mass is 32.2. The van der Waals surface area contributed by atoms with Gasteiger partial charge in [-0.05, 0) is 29.8 Å². The molecule has 0 spiro atoms. The molecule has 0 unspecified atom stereocenters. The van der Waals surface area contributed by atoms with Crippen LogP contribution in [0.5, 0.6) is 5.75 Å². The molecule has 8 heteroatoms. The second-order valence-corrected chi connectivity index (χ2v) is 6.10. The lowest BCUT2D eigenvalue weighted by Gasteiger charge is -2.10. The highest BCUT2D eigenvalue weighted by Crippen LogP contribution is 2.22. The molecule has 0 aromatic heterocycles. The smallest absolute Gasteiger partial charge is 0.406 e. The van der Waals surface area contributed by atoms with Crippen LogP contribution in [0.25, 0.3) is 0 Å². The predicted molar refractivity (Wildman–Crippen MR) is 73.6 cm³/mol. The van der Waals surface area contributed by atoms with Crippen molar-refractivity contribution in [2.45, 2.75) is 17.8 Å². The summed E-state index contributed by atoms with van der Waals surface area (Å²) < 4.78 is 66.1. The maximum Gasteiger partial charge on any atom is 0.573 e. The first-order valence-corrected chi connectivity index (χ1v) is 7.64. The maximum absolute atomic E-state index is 12.0. The summed E-state index contributed by atoms with van der Waals surface area (Å²) in [5, 5.41) is 0. The van der Waals surface area contributed by atoms with Crippen molar-refractivity contribution in [3.8, 4) is 5.75 Å². The predicted octanol–water partition coefficient (Wildman–Crippen LogP) is 3.06. The van der Waals surface area contributed by atoms with Gasteiger partial charge in [0.2, 0.25) is 10.0 Å². The van der Waals surface area contributed by atoms with Crippen LogP contribution in [0.4, 0.5) is 13.2 Å². The molecule has 0 saturated heterocycles. The van der Waals surface area contributed by atoms with E-state index in [1.54, 1.807) is 18.2 Å². The Morgan fingerprint density at radius 3 is 2.09 bits per heavy atom. The number of hydrogen-bond donors (Lipinski definition) is 1. The van der Waals surface area contributed by atoms with Gasteiger partial charge in [0.1, 0.15) is 5.75 Å². The van der Waals surface area contributed by atoms with E-state index in [1.165, 1.54) is 24.3 Å². The van der Waals surface area contributed by atoms with Gasteiger partial charge >= 0.3 is 6.36 Å². The molecule has 0 heterocycles. The SMILES string of the molecule is O=S(=O)(NCc1ccc(OC(F)(F)F)cc1)c1ccccc1. The molecule has 0 aliphatic heterocycles. The molecular weight excluding hydrogens is 319 g/mol. The number of hydrogen-bond acceptors (Lipinski definition) is 3. The van der Waals surface area contributed by atoms with Crippen molar-refractivity contribution in [1.82, 2.24) is 4.72 Å². The molecule has 0 atom stereocenters. The Hall–Kier alpha value is -2.06. The molecule has 2 aromatic carbocycles. The van der Waals surface area contributed by atoms with Crippen LogP contribution < -0.4 is 9.46 Å². The third-order valence-corrected chi connectivity index (χ3v) is 4.09. The van der Waals surface area contributed by atoms with Crippen molar-refractivity contribution < 1.29 is 26.3 Å². The number of rotatable bonds is 5. The fourth-order valence-electron chi connectivity index (χ4n) is 1.67. The highest BCUT2D eigenvalue weighted by molar-refractivity contribution is 7.89. The molecule has 0 aliphatic carbocycles. The number of benzene rings is 2. The van der Waals surface area contributed by atoms with E-state index in [2.05, 4.69) is 9.46 Å². The van der Waals surface area contributed by atoms with Crippen molar-refractivity contribution in [3.63, 3.8) is 0 Å². The van der Waals surface area contributed by atoms with E-state index in [1.807, 2.05) is 0 Å². The van der Waals surface area contributed by atoms with Crippen LogP contribution in [-0.4, -0.2) is 14.8 Å². The van der Waals surface area contributed by atoms with Crippen molar-refractivity contribution in [1.29, 1.82) is 0 Å². The molecule has 22 heavy (non-hydrogen) atoms. The minimum Gasteiger partial charge on any atom is -0.406 e. The first kappa shape index (κ1) is 16.3. The summed E-state index contributed by atoms with van der Waals surface area (Å²) in [6.45, 7) is -0.0382. The Kier molecular flexibility index (Phi) is 4.72. The topological polar surface area (TPSA) is 55.4 Å². The summed E-state index contributed by atoms with van der Waals surface area (Å²) in [7, 11) is -3.66. The van der Waals surface area contributed by atoms with Gasteiger partial charge in [-0.1, -0.05) is 30.3 Å². The molecule has 1 N–H and O–H groups in total. The van der Waals surface area contributed by atoms with Crippen molar-refractivity contribution in [2.75, 3.05) is 0 Å². The second-order valence-electron chi connectivity index (χ2n) is 4.33. The first-order valence-electron chi connectivity index (χ1n) is 6.16. The largest absolute Gasteiger partial charge is 0.573 e. The van der Waals surface area contributed by atoms with E-state index in [4.69, 9.17) is 0 Å². The van der Waals surface area contributed by atoms with E-state index in [-0.39, 0.29) is 17.2 Å². The molecular formula is C14H12F3NO3S. The number of nitrogens with one attached hydrogen (secondary N) is 1. The lowest BCUT2D eigenvalue weighted by atomic mass is 10.2. The quantitative estimate of drug-likeness (QED) is 0.916. The van der Waals surface area contributed by atoms with Gasteiger partial charge in [0.05, 0.1) is 4.90 Å². The molecule has 118 valence electrons. The number of alkyl halides is 3. The average Bonchev–Trinajstić information content (AvgIpc) is 2.46. The molecule has 2 rings (SSSR count). The minimum absolute atomic E-state index is 0.0382. The van der Waals surface area contributed by atoms with Gasteiger partial charge < -0.3 is 4.74 Å². The van der Waals surface area contributed by atoms with Crippen molar-refractivity contribution in [3.05, 3.63) is 60.2 Å². The van der Waals surface area contributed by atoms with E-state index in [0.717, 1.165) is 12.1 Å². The van der Waals surface area contributed by atoms with Crippen molar-refractivity contribution >= 4 is 10.0 Å². The number of ether oxygens (including phenoxy) is 1. The van der Waals surface area contributed by atoms with Gasteiger partial charge in [0.25, 0.3) is 0 Å². The number of sulfonamides is 1. The van der Waals surface area contributed by atoms with Gasteiger partial charge in [-0.15, -0.1) is 13.2 Å². The van der Waals surface area contributed by atoms with Crippen LogP contribution >= 0.6 is 0 Å². The molecule has 0 amide bonds. The Bertz CT molecular complexity index is 713. The molecule has 0 radical (unpaired) electrons. The molecule has 0 aliphatic rings. The van der Waals surface area contributed by atoms with Gasteiger partial charge in [-0.2, -0.15) is 0 Å². The third kappa shape index (κ3) is 4.74. The summed E-state index contributed by atoms with van der Waals surface area (Å²) in [6, 6.07) is 12.7. The van der Waals surface area contributed by atoms with Crippen LogP contribution in [0, 0.1) is 0 Å². The van der Waals surface area contributed by atoms with Crippen LogP contribution in [0.1, 0.15) is 5.56 Å². The Morgan fingerprint density at radius 1 is 0.955 bits per heavy atom. The molecule has 0 bridgehead atoms. The molecule has 0 fully saturated rings. The maximum atomic E-state index is 12.0. The van der Waals surface area contributed by atoms with Crippen LogP contribution in [0.2, 0.25) is 0 Å². The summed E-state index contributed by atoms with van der Waals surface area (Å²) in [5.41, 5.74) is 0.508. The fourth-order valence-corrected chi connectivity index (χ4v) is 2.71. The van der Waals surface area contributed by atoms with Crippen molar-refractivity contribution in [2.24, 2.45) is 0 Å². The first-order chi connectivity index (χ1) is 10.3. The van der Waals surface area contributed by atoms with Gasteiger partial charge in [-0.25, -0.2) is 13.1 Å². The molecule has 4 nitrogen and oxygen atoms in total. The van der Waals surface area contributed by atoms with E-state index in [0.29, 0.717) is 5.56 Å². The molecule has 0 saturated carbocycles. The summed E-state index contributed by atoms with van der Waals surface area (Å²) in [6.07, 6.45) is -4.75. The third-order valence-electron chi connectivity index (χ3n) is 2.68. The monoisotopic (exact) mass is 331 g/mol. The van der Waals surface area contributed by atoms with E-state index < -0.39 is 16.4 Å².